The number of sulfonamides is 1. The van der Waals surface area contributed by atoms with Crippen LogP contribution < -0.4 is 0 Å². The van der Waals surface area contributed by atoms with Crippen LogP contribution in [-0.2, 0) is 10.0 Å². The Kier molecular flexibility index (Phi) is 3.08. The van der Waals surface area contributed by atoms with Crippen molar-refractivity contribution in [3.8, 4) is 0 Å². The monoisotopic (exact) mass is 286 g/mol. The van der Waals surface area contributed by atoms with Crippen LogP contribution in [0.2, 0.25) is 5.15 Å². The Morgan fingerprint density at radius 2 is 2.06 bits per heavy atom. The first kappa shape index (κ1) is 12.4. The zero-order chi connectivity index (χ0) is 12.8. The molecule has 1 aromatic heterocycles. The number of pyridine rings is 1. The third-order valence-corrected chi connectivity index (χ3v) is 5.51. The molecule has 98 valence electrons. The fourth-order valence-electron chi connectivity index (χ4n) is 2.04. The Bertz CT molecular complexity index is 553. The van der Waals surface area contributed by atoms with Crippen molar-refractivity contribution in [2.75, 3.05) is 6.54 Å². The Hall–Kier alpha value is -0.650. The minimum absolute atomic E-state index is 0.197. The molecule has 0 N–H and O–H groups in total. The van der Waals surface area contributed by atoms with E-state index >= 15 is 0 Å². The van der Waals surface area contributed by atoms with Crippen molar-refractivity contribution in [1.29, 1.82) is 0 Å². The average molecular weight is 287 g/mol. The van der Waals surface area contributed by atoms with E-state index in [0.717, 1.165) is 25.7 Å². The molecule has 0 aromatic carbocycles. The molecule has 2 fully saturated rings. The predicted octanol–water partition coefficient (Wildman–Crippen LogP) is 2.30. The molecule has 0 aliphatic heterocycles. The van der Waals surface area contributed by atoms with E-state index in [0.29, 0.717) is 12.5 Å². The van der Waals surface area contributed by atoms with Gasteiger partial charge in [-0.15, -0.1) is 0 Å². The standard InChI is InChI=1S/C12H15ClN2O2S/c13-12-7-11(5-6-14-12)18(16,17)15(10-3-4-10)8-9-1-2-9/h5-7,9-10H,1-4,8H2. The maximum absolute atomic E-state index is 12.6. The van der Waals surface area contributed by atoms with Gasteiger partial charge in [0.15, 0.2) is 0 Å². The zero-order valence-electron chi connectivity index (χ0n) is 9.92. The molecule has 2 saturated carbocycles. The van der Waals surface area contributed by atoms with Gasteiger partial charge >= 0.3 is 0 Å². The number of nitrogens with zero attached hydrogens (tertiary/aromatic N) is 2. The van der Waals surface area contributed by atoms with Gasteiger partial charge in [-0.05, 0) is 43.7 Å². The fraction of sp³-hybridized carbons (Fsp3) is 0.583. The van der Waals surface area contributed by atoms with E-state index in [-0.39, 0.29) is 16.1 Å². The van der Waals surface area contributed by atoms with Crippen molar-refractivity contribution in [2.24, 2.45) is 5.92 Å². The van der Waals surface area contributed by atoms with Crippen LogP contribution in [0.15, 0.2) is 23.2 Å². The molecule has 0 unspecified atom stereocenters. The van der Waals surface area contributed by atoms with Crippen LogP contribution in [0.3, 0.4) is 0 Å². The van der Waals surface area contributed by atoms with Gasteiger partial charge in [0.05, 0.1) is 4.90 Å². The average Bonchev–Trinajstić information content (AvgIpc) is 3.18. The van der Waals surface area contributed by atoms with E-state index in [1.165, 1.54) is 18.3 Å². The highest BCUT2D eigenvalue weighted by molar-refractivity contribution is 7.89. The van der Waals surface area contributed by atoms with Gasteiger partial charge in [-0.1, -0.05) is 11.6 Å². The van der Waals surface area contributed by atoms with Crippen molar-refractivity contribution in [2.45, 2.75) is 36.6 Å². The minimum Gasteiger partial charge on any atom is -0.244 e. The molecule has 1 aromatic rings. The van der Waals surface area contributed by atoms with Crippen LogP contribution in [0, 0.1) is 5.92 Å². The Labute approximate surface area is 112 Å². The second kappa shape index (κ2) is 4.47. The summed E-state index contributed by atoms with van der Waals surface area (Å²) in [7, 11) is -3.41. The molecular formula is C12H15ClN2O2S. The van der Waals surface area contributed by atoms with Crippen LogP contribution in [0.25, 0.3) is 0 Å². The first-order chi connectivity index (χ1) is 8.57. The highest BCUT2D eigenvalue weighted by Gasteiger charge is 2.41. The lowest BCUT2D eigenvalue weighted by Crippen LogP contribution is -2.34. The molecule has 1 heterocycles. The lowest BCUT2D eigenvalue weighted by molar-refractivity contribution is 0.388. The van der Waals surface area contributed by atoms with Gasteiger partial charge in [-0.3, -0.25) is 0 Å². The van der Waals surface area contributed by atoms with E-state index in [9.17, 15) is 8.42 Å². The summed E-state index contributed by atoms with van der Waals surface area (Å²) >= 11 is 5.77. The molecule has 2 aliphatic carbocycles. The molecule has 0 atom stereocenters. The number of halogens is 1. The highest BCUT2D eigenvalue weighted by atomic mass is 35.5. The lowest BCUT2D eigenvalue weighted by atomic mass is 10.4. The summed E-state index contributed by atoms with van der Waals surface area (Å²) in [5, 5.41) is 0.221. The molecule has 2 aliphatic rings. The van der Waals surface area contributed by atoms with Crippen molar-refractivity contribution in [3.05, 3.63) is 23.5 Å². The first-order valence-electron chi connectivity index (χ1n) is 6.21. The van der Waals surface area contributed by atoms with Gasteiger partial charge in [-0.25, -0.2) is 13.4 Å². The smallest absolute Gasteiger partial charge is 0.243 e. The molecule has 0 saturated heterocycles. The van der Waals surface area contributed by atoms with Crippen molar-refractivity contribution in [3.63, 3.8) is 0 Å². The zero-order valence-corrected chi connectivity index (χ0v) is 11.5. The molecule has 4 nitrogen and oxygen atoms in total. The van der Waals surface area contributed by atoms with Crippen LogP contribution in [-0.4, -0.2) is 30.3 Å². The third-order valence-electron chi connectivity index (χ3n) is 3.39. The second-order valence-electron chi connectivity index (χ2n) is 5.06. The highest BCUT2D eigenvalue weighted by Crippen LogP contribution is 2.38. The van der Waals surface area contributed by atoms with Crippen LogP contribution in [0.4, 0.5) is 0 Å². The van der Waals surface area contributed by atoms with Crippen molar-refractivity contribution >= 4 is 21.6 Å². The number of hydrogen-bond donors (Lipinski definition) is 0. The number of rotatable bonds is 5. The summed E-state index contributed by atoms with van der Waals surface area (Å²) in [6, 6.07) is 3.14. The summed E-state index contributed by atoms with van der Waals surface area (Å²) < 4.78 is 26.8. The number of hydrogen-bond acceptors (Lipinski definition) is 3. The maximum atomic E-state index is 12.6. The summed E-state index contributed by atoms with van der Waals surface area (Å²) in [6.45, 7) is 0.660. The third kappa shape index (κ3) is 2.53. The molecule has 6 heteroatoms. The molecule has 0 amide bonds. The van der Waals surface area contributed by atoms with Gasteiger partial charge in [0.1, 0.15) is 5.15 Å². The molecule has 0 bridgehead atoms. The van der Waals surface area contributed by atoms with Crippen molar-refractivity contribution < 1.29 is 8.42 Å². The molecule has 3 rings (SSSR count). The lowest BCUT2D eigenvalue weighted by Gasteiger charge is -2.21. The fourth-order valence-corrected chi connectivity index (χ4v) is 4.05. The normalized spacial score (nSPS) is 20.3. The molecule has 0 spiro atoms. The van der Waals surface area contributed by atoms with E-state index in [2.05, 4.69) is 4.98 Å². The first-order valence-corrected chi connectivity index (χ1v) is 8.02. The molecule has 18 heavy (non-hydrogen) atoms. The topological polar surface area (TPSA) is 50.3 Å². The molecule has 0 radical (unpaired) electrons. The van der Waals surface area contributed by atoms with Crippen LogP contribution >= 0.6 is 11.6 Å². The second-order valence-corrected chi connectivity index (χ2v) is 7.34. The number of aromatic nitrogens is 1. The summed E-state index contributed by atoms with van der Waals surface area (Å²) in [5.74, 6) is 0.553. The Morgan fingerprint density at radius 1 is 1.33 bits per heavy atom. The largest absolute Gasteiger partial charge is 0.244 e. The van der Waals surface area contributed by atoms with E-state index < -0.39 is 10.0 Å². The Morgan fingerprint density at radius 3 is 2.61 bits per heavy atom. The van der Waals surface area contributed by atoms with Gasteiger partial charge in [-0.2, -0.15) is 4.31 Å². The van der Waals surface area contributed by atoms with Gasteiger partial charge < -0.3 is 0 Å². The summed E-state index contributed by atoms with van der Waals surface area (Å²) in [6.07, 6.45) is 5.69. The predicted molar refractivity (Wildman–Crippen MR) is 68.9 cm³/mol. The Balaban J connectivity index is 1.90. The van der Waals surface area contributed by atoms with Crippen molar-refractivity contribution in [1.82, 2.24) is 9.29 Å². The van der Waals surface area contributed by atoms with Crippen LogP contribution in [0.5, 0.6) is 0 Å². The van der Waals surface area contributed by atoms with E-state index in [1.807, 2.05) is 0 Å². The minimum atomic E-state index is -3.41. The van der Waals surface area contributed by atoms with E-state index in [4.69, 9.17) is 11.6 Å². The SMILES string of the molecule is O=S(=O)(c1ccnc(Cl)c1)N(CC1CC1)C1CC1. The summed E-state index contributed by atoms with van der Waals surface area (Å²) in [5.41, 5.74) is 0. The van der Waals surface area contributed by atoms with E-state index in [1.54, 1.807) is 4.31 Å². The van der Waals surface area contributed by atoms with Gasteiger partial charge in [0.2, 0.25) is 10.0 Å². The quantitative estimate of drug-likeness (QED) is 0.781. The summed E-state index contributed by atoms with van der Waals surface area (Å²) in [4.78, 5) is 4.09. The van der Waals surface area contributed by atoms with Gasteiger partial charge in [0, 0.05) is 18.8 Å². The van der Waals surface area contributed by atoms with Gasteiger partial charge in [0.25, 0.3) is 0 Å². The van der Waals surface area contributed by atoms with Crippen LogP contribution in [0.1, 0.15) is 25.7 Å². The maximum Gasteiger partial charge on any atom is 0.243 e. The molecular weight excluding hydrogens is 272 g/mol.